The zero-order valence-electron chi connectivity index (χ0n) is 17.6. The minimum absolute atomic E-state index is 0.0539. The highest BCUT2D eigenvalue weighted by atomic mass is 16.2. The fraction of sp³-hybridized carbons (Fsp3) is 0.524. The summed E-state index contributed by atoms with van der Waals surface area (Å²) in [4.78, 5) is 43.3. The number of hydrogen-bond acceptors (Lipinski definition) is 5. The van der Waals surface area contributed by atoms with Gasteiger partial charge in [-0.1, -0.05) is 32.0 Å². The number of hydrogen-bond donors (Lipinski definition) is 0. The van der Waals surface area contributed by atoms with Crippen molar-refractivity contribution >= 4 is 22.6 Å². The lowest BCUT2D eigenvalue weighted by molar-refractivity contribution is -0.130. The maximum atomic E-state index is 13.3. The van der Waals surface area contributed by atoms with Crippen LogP contribution in [-0.4, -0.2) is 83.1 Å². The Morgan fingerprint density at radius 1 is 1.07 bits per heavy atom. The number of fused-ring (bicyclic) bond motifs is 1. The largest absolute Gasteiger partial charge is 0.348 e. The van der Waals surface area contributed by atoms with E-state index in [1.54, 1.807) is 42.1 Å². The SMILES string of the molecule is CC(C)Cn1nc(C(=O)N2CCN(CC(=O)N(C)C)CC2)c2ccccc2c1=O. The molecule has 2 heterocycles. The van der Waals surface area contributed by atoms with Crippen LogP contribution in [0.2, 0.25) is 0 Å². The normalized spacial score (nSPS) is 15.1. The van der Waals surface area contributed by atoms with Gasteiger partial charge in [-0.05, 0) is 12.0 Å². The van der Waals surface area contributed by atoms with E-state index >= 15 is 0 Å². The second kappa shape index (κ2) is 8.73. The zero-order valence-corrected chi connectivity index (χ0v) is 17.6. The summed E-state index contributed by atoms with van der Waals surface area (Å²) >= 11 is 0. The van der Waals surface area contributed by atoms with Crippen molar-refractivity contribution < 1.29 is 9.59 Å². The Labute approximate surface area is 170 Å². The summed E-state index contributed by atoms with van der Waals surface area (Å²) in [6, 6.07) is 7.15. The van der Waals surface area contributed by atoms with E-state index in [9.17, 15) is 14.4 Å². The zero-order chi connectivity index (χ0) is 21.1. The van der Waals surface area contributed by atoms with Crippen molar-refractivity contribution in [2.24, 2.45) is 5.92 Å². The van der Waals surface area contributed by atoms with Crippen molar-refractivity contribution in [2.75, 3.05) is 46.8 Å². The Balaban J connectivity index is 1.83. The second-order valence-corrected chi connectivity index (χ2v) is 8.13. The molecule has 8 nitrogen and oxygen atoms in total. The van der Waals surface area contributed by atoms with Gasteiger partial charge in [-0.3, -0.25) is 19.3 Å². The molecule has 0 aliphatic carbocycles. The van der Waals surface area contributed by atoms with Gasteiger partial charge in [-0.2, -0.15) is 5.10 Å². The summed E-state index contributed by atoms with van der Waals surface area (Å²) in [6.45, 7) is 7.17. The van der Waals surface area contributed by atoms with Crippen LogP contribution >= 0.6 is 0 Å². The monoisotopic (exact) mass is 399 g/mol. The van der Waals surface area contributed by atoms with Crippen LogP contribution in [0.15, 0.2) is 29.1 Å². The van der Waals surface area contributed by atoms with E-state index in [4.69, 9.17) is 0 Å². The molecule has 1 aliphatic heterocycles. The Morgan fingerprint density at radius 2 is 1.69 bits per heavy atom. The smallest absolute Gasteiger partial charge is 0.275 e. The number of carbonyl (C=O) groups is 2. The summed E-state index contributed by atoms with van der Waals surface area (Å²) in [7, 11) is 3.48. The fourth-order valence-corrected chi connectivity index (χ4v) is 3.45. The van der Waals surface area contributed by atoms with E-state index in [1.807, 2.05) is 19.9 Å². The molecule has 0 unspecified atom stereocenters. The average Bonchev–Trinajstić information content (AvgIpc) is 2.70. The number of aromatic nitrogens is 2. The Morgan fingerprint density at radius 3 is 2.28 bits per heavy atom. The van der Waals surface area contributed by atoms with Crippen molar-refractivity contribution in [2.45, 2.75) is 20.4 Å². The molecule has 156 valence electrons. The molecule has 2 amide bonds. The third-order valence-electron chi connectivity index (χ3n) is 5.13. The molecule has 1 aliphatic rings. The van der Waals surface area contributed by atoms with Crippen molar-refractivity contribution in [1.29, 1.82) is 0 Å². The van der Waals surface area contributed by atoms with Gasteiger partial charge < -0.3 is 9.80 Å². The quantitative estimate of drug-likeness (QED) is 0.746. The van der Waals surface area contributed by atoms with Crippen molar-refractivity contribution in [3.8, 4) is 0 Å². The third-order valence-corrected chi connectivity index (χ3v) is 5.13. The minimum atomic E-state index is -0.169. The average molecular weight is 399 g/mol. The van der Waals surface area contributed by atoms with Crippen LogP contribution in [0.5, 0.6) is 0 Å². The fourth-order valence-electron chi connectivity index (χ4n) is 3.45. The standard InChI is InChI=1S/C21H29N5O3/c1-15(2)13-26-20(28)17-8-6-5-7-16(17)19(22-26)21(29)25-11-9-24(10-12-25)14-18(27)23(3)4/h5-8,15H,9-14H2,1-4H3. The van der Waals surface area contributed by atoms with Crippen LogP contribution in [0, 0.1) is 5.92 Å². The van der Waals surface area contributed by atoms with Gasteiger partial charge in [0.15, 0.2) is 5.69 Å². The molecule has 0 N–H and O–H groups in total. The molecule has 0 saturated carbocycles. The highest BCUT2D eigenvalue weighted by molar-refractivity contribution is 6.04. The lowest BCUT2D eigenvalue weighted by Gasteiger charge is -2.34. The van der Waals surface area contributed by atoms with Gasteiger partial charge in [-0.25, -0.2) is 4.68 Å². The number of carbonyl (C=O) groups excluding carboxylic acids is 2. The van der Waals surface area contributed by atoms with Crippen molar-refractivity contribution in [3.05, 3.63) is 40.3 Å². The molecular formula is C21H29N5O3. The van der Waals surface area contributed by atoms with Crippen LogP contribution in [0.3, 0.4) is 0 Å². The maximum absolute atomic E-state index is 13.3. The number of likely N-dealkylation sites (N-methyl/N-ethyl adjacent to an activating group) is 1. The summed E-state index contributed by atoms with van der Waals surface area (Å²) < 4.78 is 1.41. The first-order chi connectivity index (χ1) is 13.8. The molecule has 3 rings (SSSR count). The molecule has 0 radical (unpaired) electrons. The molecule has 0 atom stereocenters. The summed E-state index contributed by atoms with van der Waals surface area (Å²) in [5.74, 6) is 0.123. The molecule has 2 aromatic rings. The maximum Gasteiger partial charge on any atom is 0.275 e. The Kier molecular flexibility index (Phi) is 6.32. The van der Waals surface area contributed by atoms with E-state index in [-0.39, 0.29) is 23.3 Å². The van der Waals surface area contributed by atoms with Crippen molar-refractivity contribution in [1.82, 2.24) is 24.5 Å². The van der Waals surface area contributed by atoms with Gasteiger partial charge >= 0.3 is 0 Å². The first kappa shape index (κ1) is 21.0. The van der Waals surface area contributed by atoms with E-state index in [0.29, 0.717) is 55.7 Å². The first-order valence-corrected chi connectivity index (χ1v) is 9.99. The highest BCUT2D eigenvalue weighted by Gasteiger charge is 2.26. The van der Waals surface area contributed by atoms with Gasteiger partial charge in [0.1, 0.15) is 0 Å². The first-order valence-electron chi connectivity index (χ1n) is 9.99. The summed E-state index contributed by atoms with van der Waals surface area (Å²) in [5.41, 5.74) is 0.150. The topological polar surface area (TPSA) is 78.8 Å². The van der Waals surface area contributed by atoms with Gasteiger partial charge in [0.05, 0.1) is 11.9 Å². The van der Waals surface area contributed by atoms with Crippen LogP contribution in [0.25, 0.3) is 10.8 Å². The molecule has 1 aromatic heterocycles. The Bertz CT molecular complexity index is 958. The van der Waals surface area contributed by atoms with Gasteiger partial charge in [0, 0.05) is 52.2 Å². The minimum Gasteiger partial charge on any atom is -0.348 e. The second-order valence-electron chi connectivity index (χ2n) is 8.13. The highest BCUT2D eigenvalue weighted by Crippen LogP contribution is 2.17. The van der Waals surface area contributed by atoms with E-state index in [2.05, 4.69) is 10.00 Å². The van der Waals surface area contributed by atoms with Crippen LogP contribution in [0.4, 0.5) is 0 Å². The molecule has 1 saturated heterocycles. The van der Waals surface area contributed by atoms with Gasteiger partial charge in [0.25, 0.3) is 11.5 Å². The third kappa shape index (κ3) is 4.64. The van der Waals surface area contributed by atoms with Gasteiger partial charge in [0.2, 0.25) is 5.91 Å². The number of amides is 2. The number of rotatable bonds is 5. The van der Waals surface area contributed by atoms with Crippen LogP contribution in [-0.2, 0) is 11.3 Å². The molecule has 1 fully saturated rings. The predicted octanol–water partition coefficient (Wildman–Crippen LogP) is 0.899. The number of piperazine rings is 1. The van der Waals surface area contributed by atoms with Crippen LogP contribution < -0.4 is 5.56 Å². The molecule has 0 bridgehead atoms. The number of nitrogens with zero attached hydrogens (tertiary/aromatic N) is 5. The van der Waals surface area contributed by atoms with E-state index in [1.165, 1.54) is 4.68 Å². The molecule has 0 spiro atoms. The molecule has 29 heavy (non-hydrogen) atoms. The lowest BCUT2D eigenvalue weighted by Crippen LogP contribution is -2.51. The molecule has 8 heteroatoms. The lowest BCUT2D eigenvalue weighted by atomic mass is 10.1. The van der Waals surface area contributed by atoms with Crippen molar-refractivity contribution in [3.63, 3.8) is 0 Å². The Hall–Kier alpha value is -2.74. The van der Waals surface area contributed by atoms with E-state index in [0.717, 1.165) is 0 Å². The summed E-state index contributed by atoms with van der Waals surface area (Å²) in [6.07, 6.45) is 0. The molecular weight excluding hydrogens is 370 g/mol. The predicted molar refractivity (Wildman–Crippen MR) is 112 cm³/mol. The van der Waals surface area contributed by atoms with Crippen LogP contribution in [0.1, 0.15) is 24.3 Å². The van der Waals surface area contributed by atoms with Gasteiger partial charge in [-0.15, -0.1) is 0 Å². The number of benzene rings is 1. The molecule has 1 aromatic carbocycles. The van der Waals surface area contributed by atoms with E-state index < -0.39 is 0 Å². The summed E-state index contributed by atoms with van der Waals surface area (Å²) in [5, 5.41) is 5.55.